The summed E-state index contributed by atoms with van der Waals surface area (Å²) in [5.41, 5.74) is 1.09. The summed E-state index contributed by atoms with van der Waals surface area (Å²) in [7, 11) is 1.43. The summed E-state index contributed by atoms with van der Waals surface area (Å²) in [4.78, 5) is 33.2. The molecule has 2 fully saturated rings. The fourth-order valence-corrected chi connectivity index (χ4v) is 5.36. The zero-order chi connectivity index (χ0) is 19.5. The Morgan fingerprint density at radius 1 is 1.11 bits per heavy atom. The molecule has 3 heterocycles. The second-order valence-corrected chi connectivity index (χ2v) is 8.81. The quantitative estimate of drug-likeness (QED) is 0.737. The van der Waals surface area contributed by atoms with E-state index in [1.807, 2.05) is 11.0 Å². The second kappa shape index (κ2) is 8.57. The first kappa shape index (κ1) is 19.3. The highest BCUT2D eigenvalue weighted by atomic mass is 32.1. The molecule has 0 radical (unpaired) electrons. The van der Waals surface area contributed by atoms with Crippen molar-refractivity contribution in [2.24, 2.45) is 5.92 Å². The van der Waals surface area contributed by atoms with Crippen molar-refractivity contribution in [2.45, 2.75) is 31.6 Å². The highest BCUT2D eigenvalue weighted by molar-refractivity contribution is 7.18. The molecule has 0 N–H and O–H groups in total. The van der Waals surface area contributed by atoms with Crippen LogP contribution in [-0.4, -0.2) is 66.5 Å². The molecule has 1 amide bonds. The van der Waals surface area contributed by atoms with Crippen LogP contribution in [0.3, 0.4) is 0 Å². The lowest BCUT2D eigenvalue weighted by molar-refractivity contribution is -0.149. The standard InChI is InChI=1S/C21H27N3O3S/c1-27-21(26)16-8-12-24(13-9-16)19(25)14-23-10-6-15(7-11-23)20-22-17-4-2-3-5-18(17)28-20/h2-5,15-16H,6-14H2,1H3. The van der Waals surface area contributed by atoms with Gasteiger partial charge in [-0.15, -0.1) is 11.3 Å². The maximum atomic E-state index is 12.6. The van der Waals surface area contributed by atoms with Crippen LogP contribution in [0.1, 0.15) is 36.6 Å². The number of aromatic nitrogens is 1. The Bertz CT molecular complexity index is 803. The Kier molecular flexibility index (Phi) is 5.92. The minimum atomic E-state index is -0.149. The van der Waals surface area contributed by atoms with E-state index in [1.165, 1.54) is 16.8 Å². The number of piperidine rings is 2. The third-order valence-corrected chi connectivity index (χ3v) is 7.19. The van der Waals surface area contributed by atoms with E-state index in [0.29, 0.717) is 38.4 Å². The molecular formula is C21H27N3O3S. The topological polar surface area (TPSA) is 62.7 Å². The highest BCUT2D eigenvalue weighted by Crippen LogP contribution is 2.33. The summed E-state index contributed by atoms with van der Waals surface area (Å²) < 4.78 is 6.07. The molecule has 150 valence electrons. The summed E-state index contributed by atoms with van der Waals surface area (Å²) in [5.74, 6) is 0.476. The van der Waals surface area contributed by atoms with Crippen molar-refractivity contribution in [3.05, 3.63) is 29.3 Å². The van der Waals surface area contributed by atoms with Crippen molar-refractivity contribution in [3.63, 3.8) is 0 Å². The van der Waals surface area contributed by atoms with Crippen LogP contribution in [0.5, 0.6) is 0 Å². The van der Waals surface area contributed by atoms with Crippen LogP contribution < -0.4 is 0 Å². The average molecular weight is 402 g/mol. The van der Waals surface area contributed by atoms with Crippen LogP contribution in [0, 0.1) is 5.92 Å². The molecule has 2 saturated heterocycles. The van der Waals surface area contributed by atoms with Crippen LogP contribution in [0.25, 0.3) is 10.2 Å². The molecule has 2 aliphatic heterocycles. The molecule has 0 atom stereocenters. The number of thiazole rings is 1. The van der Waals surface area contributed by atoms with Crippen LogP contribution in [-0.2, 0) is 14.3 Å². The Morgan fingerprint density at radius 2 is 1.82 bits per heavy atom. The molecule has 6 nitrogen and oxygen atoms in total. The molecule has 0 bridgehead atoms. The summed E-state index contributed by atoms with van der Waals surface area (Å²) in [6.07, 6.45) is 3.52. The van der Waals surface area contributed by atoms with Crippen molar-refractivity contribution in [1.82, 2.24) is 14.8 Å². The smallest absolute Gasteiger partial charge is 0.308 e. The first-order valence-electron chi connectivity index (χ1n) is 10.1. The largest absolute Gasteiger partial charge is 0.469 e. The zero-order valence-electron chi connectivity index (χ0n) is 16.3. The van der Waals surface area contributed by atoms with Crippen molar-refractivity contribution in [3.8, 4) is 0 Å². The van der Waals surface area contributed by atoms with Gasteiger partial charge >= 0.3 is 5.97 Å². The van der Waals surface area contributed by atoms with Gasteiger partial charge in [-0.25, -0.2) is 4.98 Å². The molecule has 0 aliphatic carbocycles. The molecule has 0 unspecified atom stereocenters. The van der Waals surface area contributed by atoms with E-state index >= 15 is 0 Å². The number of amides is 1. The van der Waals surface area contributed by atoms with Crippen molar-refractivity contribution in [1.29, 1.82) is 0 Å². The van der Waals surface area contributed by atoms with Gasteiger partial charge in [0, 0.05) is 19.0 Å². The molecule has 0 saturated carbocycles. The number of carbonyl (C=O) groups is 2. The Balaban J connectivity index is 1.25. The Labute approximate surface area is 169 Å². The van der Waals surface area contributed by atoms with Gasteiger partial charge in [-0.05, 0) is 50.9 Å². The molecule has 28 heavy (non-hydrogen) atoms. The predicted octanol–water partition coefficient (Wildman–Crippen LogP) is 2.89. The third kappa shape index (κ3) is 4.20. The number of methoxy groups -OCH3 is 1. The maximum absolute atomic E-state index is 12.6. The molecule has 4 rings (SSSR count). The molecular weight excluding hydrogens is 374 g/mol. The first-order valence-corrected chi connectivity index (χ1v) is 10.9. The van der Waals surface area contributed by atoms with Crippen LogP contribution in [0.2, 0.25) is 0 Å². The van der Waals surface area contributed by atoms with Crippen molar-refractivity contribution in [2.75, 3.05) is 39.8 Å². The first-order chi connectivity index (χ1) is 13.6. The number of hydrogen-bond acceptors (Lipinski definition) is 6. The number of fused-ring (bicyclic) bond motifs is 1. The SMILES string of the molecule is COC(=O)C1CCN(C(=O)CN2CCC(c3nc4ccccc4s3)CC2)CC1. The number of nitrogens with zero attached hydrogens (tertiary/aromatic N) is 3. The summed E-state index contributed by atoms with van der Waals surface area (Å²) in [6, 6.07) is 8.31. The van der Waals surface area contributed by atoms with Gasteiger partial charge in [0.15, 0.2) is 0 Å². The van der Waals surface area contributed by atoms with Gasteiger partial charge in [-0.3, -0.25) is 14.5 Å². The van der Waals surface area contributed by atoms with Gasteiger partial charge in [0.25, 0.3) is 0 Å². The van der Waals surface area contributed by atoms with Crippen molar-refractivity contribution < 1.29 is 14.3 Å². The molecule has 7 heteroatoms. The van der Waals surface area contributed by atoms with Crippen molar-refractivity contribution >= 4 is 33.4 Å². The monoisotopic (exact) mass is 401 g/mol. The number of rotatable bonds is 4. The third-order valence-electron chi connectivity index (χ3n) is 5.99. The van der Waals surface area contributed by atoms with Gasteiger partial charge in [-0.2, -0.15) is 0 Å². The minimum absolute atomic E-state index is 0.0568. The van der Waals surface area contributed by atoms with Crippen LogP contribution in [0.4, 0.5) is 0 Å². The van der Waals surface area contributed by atoms with E-state index in [9.17, 15) is 9.59 Å². The number of hydrogen-bond donors (Lipinski definition) is 0. The average Bonchev–Trinajstić information content (AvgIpc) is 3.18. The fraction of sp³-hybridized carbons (Fsp3) is 0.571. The predicted molar refractivity (Wildman–Crippen MR) is 109 cm³/mol. The van der Waals surface area contributed by atoms with Crippen LogP contribution >= 0.6 is 11.3 Å². The lowest BCUT2D eigenvalue weighted by Gasteiger charge is -2.35. The van der Waals surface area contributed by atoms with Gasteiger partial charge < -0.3 is 9.64 Å². The summed E-state index contributed by atoms with van der Waals surface area (Å²) in [5, 5.41) is 1.23. The van der Waals surface area contributed by atoms with Gasteiger partial charge in [0.2, 0.25) is 5.91 Å². The van der Waals surface area contributed by atoms with E-state index < -0.39 is 0 Å². The molecule has 2 aromatic rings. The Hall–Kier alpha value is -1.99. The number of esters is 1. The van der Waals surface area contributed by atoms with E-state index in [4.69, 9.17) is 9.72 Å². The van der Waals surface area contributed by atoms with E-state index in [0.717, 1.165) is 31.4 Å². The van der Waals surface area contributed by atoms with Gasteiger partial charge in [0.1, 0.15) is 0 Å². The van der Waals surface area contributed by atoms with E-state index in [1.54, 1.807) is 11.3 Å². The zero-order valence-corrected chi connectivity index (χ0v) is 17.1. The Morgan fingerprint density at radius 3 is 2.50 bits per heavy atom. The normalized spacial score (nSPS) is 19.8. The number of para-hydroxylation sites is 1. The summed E-state index contributed by atoms with van der Waals surface area (Å²) >= 11 is 1.80. The van der Waals surface area contributed by atoms with E-state index in [-0.39, 0.29) is 17.8 Å². The number of benzene rings is 1. The summed E-state index contributed by atoms with van der Waals surface area (Å²) in [6.45, 7) is 3.66. The fourth-order valence-electron chi connectivity index (χ4n) is 4.23. The van der Waals surface area contributed by atoms with Crippen LogP contribution in [0.15, 0.2) is 24.3 Å². The second-order valence-electron chi connectivity index (χ2n) is 7.75. The van der Waals surface area contributed by atoms with E-state index in [2.05, 4.69) is 23.1 Å². The molecule has 1 aromatic carbocycles. The molecule has 0 spiro atoms. The lowest BCUT2D eigenvalue weighted by Crippen LogP contribution is -2.46. The minimum Gasteiger partial charge on any atom is -0.469 e. The highest BCUT2D eigenvalue weighted by Gasteiger charge is 2.30. The molecule has 2 aliphatic rings. The van der Waals surface area contributed by atoms with Gasteiger partial charge in [0.05, 0.1) is 34.8 Å². The maximum Gasteiger partial charge on any atom is 0.308 e. The number of ether oxygens (including phenoxy) is 1. The lowest BCUT2D eigenvalue weighted by atomic mass is 9.96. The molecule has 1 aromatic heterocycles. The number of carbonyl (C=O) groups excluding carboxylic acids is 2. The number of likely N-dealkylation sites (tertiary alicyclic amines) is 2. The van der Waals surface area contributed by atoms with Gasteiger partial charge in [-0.1, -0.05) is 12.1 Å².